The highest BCUT2D eigenvalue weighted by Crippen LogP contribution is 2.21. The number of imidazole rings is 1. The number of aromatic nitrogens is 2. The van der Waals surface area contributed by atoms with Gasteiger partial charge in [0.2, 0.25) is 0 Å². The predicted molar refractivity (Wildman–Crippen MR) is 97.3 cm³/mol. The third-order valence-corrected chi connectivity index (χ3v) is 4.13. The molecule has 8 heteroatoms. The second kappa shape index (κ2) is 7.89. The van der Waals surface area contributed by atoms with Crippen LogP contribution < -0.4 is 0 Å². The first-order chi connectivity index (χ1) is 13.0. The van der Waals surface area contributed by atoms with E-state index in [2.05, 4.69) is 9.97 Å². The maximum atomic E-state index is 13.7. The summed E-state index contributed by atoms with van der Waals surface area (Å²) in [7, 11) is 0. The SMILES string of the molecule is N#C/C(=C(/O)COC(=O)Cc1c(F)cccc1Cl)c1nc2ccccc2[nH]1. The number of fused-ring (bicyclic) bond motifs is 1. The lowest BCUT2D eigenvalue weighted by molar-refractivity contribution is -0.142. The summed E-state index contributed by atoms with van der Waals surface area (Å²) in [5.41, 5.74) is 1.17. The highest BCUT2D eigenvalue weighted by molar-refractivity contribution is 6.31. The summed E-state index contributed by atoms with van der Waals surface area (Å²) in [5.74, 6) is -1.73. The Morgan fingerprint density at radius 3 is 2.78 bits per heavy atom. The Morgan fingerprint density at radius 1 is 1.30 bits per heavy atom. The number of esters is 1. The van der Waals surface area contributed by atoms with Crippen molar-refractivity contribution in [2.24, 2.45) is 0 Å². The van der Waals surface area contributed by atoms with Crippen molar-refractivity contribution in [2.75, 3.05) is 6.61 Å². The fourth-order valence-corrected chi connectivity index (χ4v) is 2.67. The summed E-state index contributed by atoms with van der Waals surface area (Å²) in [4.78, 5) is 19.1. The lowest BCUT2D eigenvalue weighted by Gasteiger charge is -2.07. The van der Waals surface area contributed by atoms with E-state index in [0.29, 0.717) is 11.0 Å². The van der Waals surface area contributed by atoms with Gasteiger partial charge in [0, 0.05) is 10.6 Å². The molecule has 0 spiro atoms. The number of hydrogen-bond acceptors (Lipinski definition) is 5. The van der Waals surface area contributed by atoms with Crippen molar-refractivity contribution in [3.8, 4) is 6.07 Å². The van der Waals surface area contributed by atoms with Crippen LogP contribution in [0.3, 0.4) is 0 Å². The number of H-pyrrole nitrogens is 1. The molecule has 0 atom stereocenters. The summed E-state index contributed by atoms with van der Waals surface area (Å²) >= 11 is 5.87. The number of benzene rings is 2. The lowest BCUT2D eigenvalue weighted by Crippen LogP contribution is -2.12. The molecule has 136 valence electrons. The molecule has 0 amide bonds. The molecule has 0 fully saturated rings. The Morgan fingerprint density at radius 2 is 2.07 bits per heavy atom. The minimum Gasteiger partial charge on any atom is -0.507 e. The number of hydrogen-bond donors (Lipinski definition) is 2. The maximum Gasteiger partial charge on any atom is 0.310 e. The van der Waals surface area contributed by atoms with E-state index in [0.717, 1.165) is 0 Å². The van der Waals surface area contributed by atoms with E-state index in [1.54, 1.807) is 24.3 Å². The van der Waals surface area contributed by atoms with Gasteiger partial charge in [0.15, 0.2) is 11.6 Å². The van der Waals surface area contributed by atoms with Crippen LogP contribution in [0, 0.1) is 17.1 Å². The smallest absolute Gasteiger partial charge is 0.310 e. The Kier molecular flexibility index (Phi) is 5.38. The molecule has 0 radical (unpaired) electrons. The van der Waals surface area contributed by atoms with Crippen LogP contribution in [-0.4, -0.2) is 27.7 Å². The summed E-state index contributed by atoms with van der Waals surface area (Å²) < 4.78 is 18.6. The number of ether oxygens (including phenoxy) is 1. The second-order valence-corrected chi connectivity index (χ2v) is 5.98. The van der Waals surface area contributed by atoms with Crippen LogP contribution in [0.15, 0.2) is 48.2 Å². The Bertz CT molecular complexity index is 1030. The Hall–Kier alpha value is -3.37. The summed E-state index contributed by atoms with van der Waals surface area (Å²) in [5, 5.41) is 19.5. The molecular weight excluding hydrogens is 373 g/mol. The predicted octanol–water partition coefficient (Wildman–Crippen LogP) is 3.93. The van der Waals surface area contributed by atoms with Crippen molar-refractivity contribution < 1.29 is 19.0 Å². The van der Waals surface area contributed by atoms with Gasteiger partial charge in [0.05, 0.1) is 17.5 Å². The molecule has 0 saturated heterocycles. The van der Waals surface area contributed by atoms with Crippen LogP contribution in [0.2, 0.25) is 5.02 Å². The van der Waals surface area contributed by atoms with Gasteiger partial charge >= 0.3 is 5.97 Å². The van der Waals surface area contributed by atoms with Gasteiger partial charge in [0.1, 0.15) is 24.1 Å². The van der Waals surface area contributed by atoms with Gasteiger partial charge in [-0.05, 0) is 24.3 Å². The number of aliphatic hydroxyl groups excluding tert-OH is 1. The highest BCUT2D eigenvalue weighted by Gasteiger charge is 2.17. The van der Waals surface area contributed by atoms with E-state index >= 15 is 0 Å². The normalized spacial score (nSPS) is 11.7. The molecule has 6 nitrogen and oxygen atoms in total. The molecule has 27 heavy (non-hydrogen) atoms. The van der Waals surface area contributed by atoms with E-state index < -0.39 is 30.6 Å². The third kappa shape index (κ3) is 4.07. The molecule has 1 heterocycles. The number of halogens is 2. The molecule has 3 aromatic rings. The largest absolute Gasteiger partial charge is 0.507 e. The first kappa shape index (κ1) is 18.4. The van der Waals surface area contributed by atoms with E-state index in [-0.39, 0.29) is 22.0 Å². The van der Waals surface area contributed by atoms with Gasteiger partial charge < -0.3 is 14.8 Å². The molecule has 0 aliphatic rings. The fourth-order valence-electron chi connectivity index (χ4n) is 2.44. The minimum absolute atomic E-state index is 0.00502. The molecule has 2 N–H and O–H groups in total. The first-order valence-corrected chi connectivity index (χ1v) is 8.23. The van der Waals surface area contributed by atoms with Crippen molar-refractivity contribution >= 4 is 34.2 Å². The number of para-hydroxylation sites is 2. The van der Waals surface area contributed by atoms with Gasteiger partial charge in [0.25, 0.3) is 0 Å². The Balaban J connectivity index is 1.73. The van der Waals surface area contributed by atoms with Crippen molar-refractivity contribution in [2.45, 2.75) is 6.42 Å². The zero-order chi connectivity index (χ0) is 19.4. The fraction of sp³-hybridized carbons (Fsp3) is 0.105. The standard InChI is InChI=1S/C19H13ClFN3O3/c20-13-4-3-5-14(21)11(13)8-18(26)27-10-17(25)12(9-22)19-23-15-6-1-2-7-16(15)24-19/h1-7,25H,8,10H2,(H,23,24)/b17-12-. The summed E-state index contributed by atoms with van der Waals surface area (Å²) in [6, 6.07) is 13.0. The van der Waals surface area contributed by atoms with E-state index in [1.807, 2.05) is 6.07 Å². The van der Waals surface area contributed by atoms with Crippen molar-refractivity contribution in [3.05, 3.63) is 70.5 Å². The van der Waals surface area contributed by atoms with Crippen LogP contribution in [-0.2, 0) is 16.0 Å². The van der Waals surface area contributed by atoms with Crippen molar-refractivity contribution in [1.29, 1.82) is 5.26 Å². The number of nitriles is 1. The molecule has 0 unspecified atom stereocenters. The number of rotatable bonds is 5. The number of aliphatic hydroxyl groups is 1. The second-order valence-electron chi connectivity index (χ2n) is 5.57. The summed E-state index contributed by atoms with van der Waals surface area (Å²) in [6.45, 7) is -0.551. The van der Waals surface area contributed by atoms with E-state index in [1.165, 1.54) is 18.2 Å². The van der Waals surface area contributed by atoms with Gasteiger partial charge in [-0.15, -0.1) is 0 Å². The molecular formula is C19H13ClFN3O3. The minimum atomic E-state index is -0.796. The zero-order valence-electron chi connectivity index (χ0n) is 13.9. The number of carbonyl (C=O) groups is 1. The van der Waals surface area contributed by atoms with Crippen LogP contribution in [0.25, 0.3) is 16.6 Å². The molecule has 2 aromatic carbocycles. The van der Waals surface area contributed by atoms with Gasteiger partial charge in [-0.25, -0.2) is 9.37 Å². The van der Waals surface area contributed by atoms with Crippen LogP contribution >= 0.6 is 11.6 Å². The highest BCUT2D eigenvalue weighted by atomic mass is 35.5. The Labute approximate surface area is 158 Å². The molecule has 0 aliphatic carbocycles. The average Bonchev–Trinajstić information content (AvgIpc) is 3.07. The van der Waals surface area contributed by atoms with Crippen molar-refractivity contribution in [3.63, 3.8) is 0 Å². The number of nitrogens with zero attached hydrogens (tertiary/aromatic N) is 2. The third-order valence-electron chi connectivity index (χ3n) is 3.78. The average molecular weight is 386 g/mol. The van der Waals surface area contributed by atoms with Crippen LogP contribution in [0.5, 0.6) is 0 Å². The first-order valence-electron chi connectivity index (χ1n) is 7.85. The van der Waals surface area contributed by atoms with E-state index in [4.69, 9.17) is 16.3 Å². The van der Waals surface area contributed by atoms with Crippen LogP contribution in [0.4, 0.5) is 4.39 Å². The zero-order valence-corrected chi connectivity index (χ0v) is 14.6. The number of aromatic amines is 1. The van der Waals surface area contributed by atoms with Gasteiger partial charge in [-0.1, -0.05) is 29.8 Å². The van der Waals surface area contributed by atoms with E-state index in [9.17, 15) is 19.6 Å². The van der Waals surface area contributed by atoms with Crippen molar-refractivity contribution in [1.82, 2.24) is 9.97 Å². The number of nitrogens with one attached hydrogen (secondary N) is 1. The lowest BCUT2D eigenvalue weighted by atomic mass is 10.1. The van der Waals surface area contributed by atoms with Crippen LogP contribution in [0.1, 0.15) is 11.4 Å². The number of allylic oxidation sites excluding steroid dienone is 1. The monoisotopic (exact) mass is 385 g/mol. The molecule has 0 bridgehead atoms. The molecule has 3 rings (SSSR count). The molecule has 1 aromatic heterocycles. The topological polar surface area (TPSA) is 99.0 Å². The molecule has 0 saturated carbocycles. The van der Waals surface area contributed by atoms with Gasteiger partial charge in [-0.3, -0.25) is 4.79 Å². The van der Waals surface area contributed by atoms with Gasteiger partial charge in [-0.2, -0.15) is 5.26 Å². The maximum absolute atomic E-state index is 13.7. The molecule has 0 aliphatic heterocycles. The number of carbonyl (C=O) groups excluding carboxylic acids is 1. The summed E-state index contributed by atoms with van der Waals surface area (Å²) in [6.07, 6.45) is -0.398. The quantitative estimate of drug-likeness (QED) is 0.394.